The van der Waals surface area contributed by atoms with Crippen molar-refractivity contribution in [1.29, 1.82) is 5.41 Å². The number of nitrogens with one attached hydrogen (secondary N) is 1. The van der Waals surface area contributed by atoms with Crippen LogP contribution in [0.25, 0.3) is 5.69 Å². The van der Waals surface area contributed by atoms with Gasteiger partial charge in [0.05, 0.1) is 17.9 Å². The number of halogens is 4. The molecule has 0 aliphatic heterocycles. The molecular weight excluding hydrogens is 502 g/mol. The minimum Gasteiger partial charge on any atom is -0.475 e. The number of para-hydroxylation sites is 1. The van der Waals surface area contributed by atoms with Gasteiger partial charge in [0, 0.05) is 23.1 Å². The van der Waals surface area contributed by atoms with E-state index in [4.69, 9.17) is 26.1 Å². The number of nitrogens with two attached hydrogens (primary N) is 1. The summed E-state index contributed by atoms with van der Waals surface area (Å²) in [6, 6.07) is 24.5. The number of rotatable bonds is 7. The molecule has 38 heavy (non-hydrogen) atoms. The number of aryl methyl sites for hydroxylation is 1. The third-order valence-corrected chi connectivity index (χ3v) is 5.44. The fourth-order valence-corrected chi connectivity index (χ4v) is 3.49. The van der Waals surface area contributed by atoms with Crippen LogP contribution in [0.15, 0.2) is 85.1 Å². The Labute approximate surface area is 216 Å². The number of alkyl halides is 3. The van der Waals surface area contributed by atoms with Crippen molar-refractivity contribution in [2.24, 2.45) is 5.73 Å². The van der Waals surface area contributed by atoms with Gasteiger partial charge in [-0.05, 0) is 72.6 Å². The molecule has 3 aromatic carbocycles. The number of benzene rings is 3. The van der Waals surface area contributed by atoms with Gasteiger partial charge < -0.3 is 15.7 Å². The van der Waals surface area contributed by atoms with Crippen LogP contribution < -0.4 is 10.6 Å². The first-order chi connectivity index (χ1) is 18.0. The number of hydrogen-bond donors (Lipinski definition) is 3. The van der Waals surface area contributed by atoms with Gasteiger partial charge in [0.15, 0.2) is 0 Å². The molecule has 198 valence electrons. The molecule has 0 aliphatic rings. The van der Waals surface area contributed by atoms with E-state index in [2.05, 4.69) is 4.90 Å². The van der Waals surface area contributed by atoms with Crippen molar-refractivity contribution >= 4 is 23.2 Å². The van der Waals surface area contributed by atoms with Gasteiger partial charge in [-0.15, -0.1) is 0 Å². The van der Waals surface area contributed by atoms with Crippen molar-refractivity contribution in [3.63, 3.8) is 0 Å². The van der Waals surface area contributed by atoms with Gasteiger partial charge in [-0.2, -0.15) is 18.3 Å². The van der Waals surface area contributed by atoms with E-state index in [0.29, 0.717) is 24.1 Å². The number of amidine groups is 1. The average Bonchev–Trinajstić information content (AvgIpc) is 3.37. The number of aromatic nitrogens is 2. The average molecular weight is 528 g/mol. The summed E-state index contributed by atoms with van der Waals surface area (Å²) >= 11 is 0. The van der Waals surface area contributed by atoms with E-state index in [1.807, 2.05) is 84.5 Å². The molecule has 0 saturated heterocycles. The lowest BCUT2D eigenvalue weighted by molar-refractivity contribution is -0.192. The summed E-state index contributed by atoms with van der Waals surface area (Å²) in [5.74, 6) is -2.94. The highest BCUT2D eigenvalue weighted by Gasteiger charge is 2.38. The highest BCUT2D eigenvalue weighted by atomic mass is 19.4. The smallest absolute Gasteiger partial charge is 0.475 e. The molecule has 11 heteroatoms. The van der Waals surface area contributed by atoms with Gasteiger partial charge in [-0.3, -0.25) is 5.41 Å². The van der Waals surface area contributed by atoms with Crippen molar-refractivity contribution < 1.29 is 27.5 Å². The quantitative estimate of drug-likeness (QED) is 0.159. The van der Waals surface area contributed by atoms with Crippen LogP contribution >= 0.6 is 0 Å². The Morgan fingerprint density at radius 2 is 1.63 bits per heavy atom. The number of carboxylic acid groups (broad SMARTS) is 1. The van der Waals surface area contributed by atoms with E-state index >= 15 is 0 Å². The second kappa shape index (κ2) is 12.0. The Morgan fingerprint density at radius 3 is 2.18 bits per heavy atom. The minimum absolute atomic E-state index is 0.0229. The maximum Gasteiger partial charge on any atom is 0.490 e. The van der Waals surface area contributed by atoms with E-state index < -0.39 is 12.1 Å². The monoisotopic (exact) mass is 527 g/mol. The molecule has 1 aromatic heterocycles. The van der Waals surface area contributed by atoms with Crippen molar-refractivity contribution in [3.05, 3.63) is 108 Å². The first kappa shape index (κ1) is 27.9. The van der Waals surface area contributed by atoms with E-state index in [-0.39, 0.29) is 11.7 Å². The lowest BCUT2D eigenvalue weighted by Crippen LogP contribution is -2.21. The Hall–Kier alpha value is -4.67. The summed E-state index contributed by atoms with van der Waals surface area (Å²) in [4.78, 5) is 11.0. The number of anilines is 2. The van der Waals surface area contributed by atoms with Crippen LogP contribution in [0.4, 0.5) is 28.9 Å². The molecule has 4 rings (SSSR count). The number of carbonyl (C=O) groups is 1. The first-order valence-electron chi connectivity index (χ1n) is 11.4. The molecule has 4 N–H and O–H groups in total. The number of nitrogens with zero attached hydrogens (tertiary/aromatic N) is 3. The van der Waals surface area contributed by atoms with Crippen LogP contribution in [0.1, 0.15) is 23.7 Å². The summed E-state index contributed by atoms with van der Waals surface area (Å²) in [7, 11) is 0. The zero-order chi connectivity index (χ0) is 27.9. The topological polar surface area (TPSA) is 108 Å². The molecule has 0 amide bonds. The fraction of sp³-hybridized carbons (Fsp3) is 0.148. The molecule has 0 spiro atoms. The van der Waals surface area contributed by atoms with Crippen molar-refractivity contribution in [2.45, 2.75) is 26.1 Å². The summed E-state index contributed by atoms with van der Waals surface area (Å²) < 4.78 is 47.7. The number of carboxylic acids is 1. The number of hydrogen-bond acceptors (Lipinski definition) is 4. The molecule has 4 aromatic rings. The number of aliphatic carboxylic acids is 1. The van der Waals surface area contributed by atoms with Gasteiger partial charge in [0.1, 0.15) is 11.7 Å². The lowest BCUT2D eigenvalue weighted by atomic mass is 10.1. The lowest BCUT2D eigenvalue weighted by Gasteiger charge is -2.25. The minimum atomic E-state index is -5.08. The van der Waals surface area contributed by atoms with Gasteiger partial charge in [0.2, 0.25) is 0 Å². The molecule has 0 bridgehead atoms. The van der Waals surface area contributed by atoms with Crippen molar-refractivity contribution in [2.75, 3.05) is 4.90 Å². The molecule has 0 unspecified atom stereocenters. The summed E-state index contributed by atoms with van der Waals surface area (Å²) in [6.07, 6.45) is -2.54. The molecule has 0 radical (unpaired) electrons. The molecule has 0 atom stereocenters. The predicted molar refractivity (Wildman–Crippen MR) is 136 cm³/mol. The van der Waals surface area contributed by atoms with Gasteiger partial charge in [0.25, 0.3) is 0 Å². The maximum atomic E-state index is 14.1. The van der Waals surface area contributed by atoms with Crippen molar-refractivity contribution in [1.82, 2.24) is 9.78 Å². The maximum absolute atomic E-state index is 14.1. The van der Waals surface area contributed by atoms with Crippen LogP contribution in [0, 0.1) is 11.2 Å². The summed E-state index contributed by atoms with van der Waals surface area (Å²) in [5, 5.41) is 19.5. The standard InChI is InChI=1S/C25H24FN5.C2HF3O2/c1-2-18-16-23(12-13-24(18)26)30(21-10-8-19(9-11-21)25(27)28)17-20-14-15-31(29-20)22-6-4-3-5-7-22;3-2(4,5)1(6)7/h3-16H,2,17H2,1H3,(H3,27,28);(H,6,7). The highest BCUT2D eigenvalue weighted by Crippen LogP contribution is 2.29. The first-order valence-corrected chi connectivity index (χ1v) is 11.4. The SMILES string of the molecule is CCc1cc(N(Cc2ccn(-c3ccccc3)n2)c2ccc(C(=N)N)cc2)ccc1F.O=C(O)C(F)(F)F. The Bertz CT molecular complexity index is 1390. The zero-order valence-corrected chi connectivity index (χ0v) is 20.3. The highest BCUT2D eigenvalue weighted by molar-refractivity contribution is 5.95. The van der Waals surface area contributed by atoms with E-state index in [0.717, 1.165) is 22.8 Å². The van der Waals surface area contributed by atoms with Gasteiger partial charge >= 0.3 is 12.1 Å². The zero-order valence-electron chi connectivity index (χ0n) is 20.3. The third-order valence-electron chi connectivity index (χ3n) is 5.44. The fourth-order valence-electron chi connectivity index (χ4n) is 3.49. The van der Waals surface area contributed by atoms with Crippen molar-refractivity contribution in [3.8, 4) is 5.69 Å². The van der Waals surface area contributed by atoms with E-state index in [1.54, 1.807) is 6.07 Å². The predicted octanol–water partition coefficient (Wildman–Crippen LogP) is 5.83. The third kappa shape index (κ3) is 7.19. The largest absolute Gasteiger partial charge is 0.490 e. The molecule has 0 aliphatic carbocycles. The van der Waals surface area contributed by atoms with Gasteiger partial charge in [-0.25, -0.2) is 13.9 Å². The molecule has 1 heterocycles. The van der Waals surface area contributed by atoms with E-state index in [1.165, 1.54) is 6.07 Å². The van der Waals surface area contributed by atoms with Crippen LogP contribution in [0.2, 0.25) is 0 Å². The molecular formula is C27H25F4N5O2. The van der Waals surface area contributed by atoms with Crippen LogP contribution in [0.3, 0.4) is 0 Å². The Morgan fingerprint density at radius 1 is 1.03 bits per heavy atom. The molecule has 0 saturated carbocycles. The molecule has 0 fully saturated rings. The molecule has 7 nitrogen and oxygen atoms in total. The second-order valence-corrected chi connectivity index (χ2v) is 8.07. The normalized spacial score (nSPS) is 10.9. The number of nitrogen functional groups attached to an aromatic ring is 1. The summed E-state index contributed by atoms with van der Waals surface area (Å²) in [5.41, 5.74) is 10.6. The Kier molecular flexibility index (Phi) is 8.85. The second-order valence-electron chi connectivity index (χ2n) is 8.07. The van der Waals surface area contributed by atoms with Crippen LogP contribution in [0.5, 0.6) is 0 Å². The van der Waals surface area contributed by atoms with E-state index in [9.17, 15) is 17.6 Å². The van der Waals surface area contributed by atoms with Crippen LogP contribution in [-0.2, 0) is 17.8 Å². The van der Waals surface area contributed by atoms with Gasteiger partial charge in [-0.1, -0.05) is 25.1 Å². The Balaban J connectivity index is 0.000000505. The summed E-state index contributed by atoms with van der Waals surface area (Å²) in [6.45, 7) is 2.45. The van der Waals surface area contributed by atoms with Crippen LogP contribution in [-0.4, -0.2) is 32.9 Å².